The molecular formula is C15H17N5O2S2. The summed E-state index contributed by atoms with van der Waals surface area (Å²) in [5.74, 6) is 1.92. The van der Waals surface area contributed by atoms with E-state index < -0.39 is 9.84 Å². The number of hydrogen-bond donors (Lipinski definition) is 0. The molecule has 0 N–H and O–H groups in total. The zero-order valence-electron chi connectivity index (χ0n) is 13.2. The van der Waals surface area contributed by atoms with Gasteiger partial charge in [-0.1, -0.05) is 6.92 Å². The Morgan fingerprint density at radius 3 is 2.92 bits per heavy atom. The van der Waals surface area contributed by atoms with Crippen molar-refractivity contribution in [3.05, 3.63) is 29.0 Å². The number of sulfone groups is 1. The maximum Gasteiger partial charge on any atom is 0.186 e. The van der Waals surface area contributed by atoms with Crippen LogP contribution in [0.5, 0.6) is 0 Å². The third-order valence-electron chi connectivity index (χ3n) is 4.09. The van der Waals surface area contributed by atoms with Crippen molar-refractivity contribution in [3.63, 3.8) is 0 Å². The second-order valence-electron chi connectivity index (χ2n) is 6.16. The van der Waals surface area contributed by atoms with Gasteiger partial charge in [0.15, 0.2) is 21.3 Å². The first-order chi connectivity index (χ1) is 11.5. The van der Waals surface area contributed by atoms with E-state index in [-0.39, 0.29) is 17.4 Å². The summed E-state index contributed by atoms with van der Waals surface area (Å²) >= 11 is 1.60. The third-order valence-corrected chi connectivity index (χ3v) is 6.66. The Hall–Kier alpha value is -2.00. The lowest BCUT2D eigenvalue weighted by atomic mass is 10.2. The summed E-state index contributed by atoms with van der Waals surface area (Å²) in [7, 11) is -2.98. The van der Waals surface area contributed by atoms with Crippen LogP contribution in [0.2, 0.25) is 0 Å². The highest BCUT2D eigenvalue weighted by molar-refractivity contribution is 7.91. The molecule has 126 valence electrons. The molecule has 0 aliphatic carbocycles. The van der Waals surface area contributed by atoms with Gasteiger partial charge in [0.2, 0.25) is 0 Å². The van der Waals surface area contributed by atoms with Crippen molar-refractivity contribution in [2.75, 3.05) is 29.5 Å². The maximum absolute atomic E-state index is 12.0. The summed E-state index contributed by atoms with van der Waals surface area (Å²) in [6.45, 7) is 3.10. The summed E-state index contributed by atoms with van der Waals surface area (Å²) < 4.78 is 25.7. The molecule has 1 unspecified atom stereocenters. The smallest absolute Gasteiger partial charge is 0.186 e. The SMILES string of the molecule is CC1CN(c2ccc3nnc(-c4ccsc4)n3n2)CCS(=O)(=O)C1. The number of fused-ring (bicyclic) bond motifs is 1. The Morgan fingerprint density at radius 2 is 2.12 bits per heavy atom. The van der Waals surface area contributed by atoms with E-state index in [1.807, 2.05) is 40.8 Å². The van der Waals surface area contributed by atoms with Crippen molar-refractivity contribution in [1.82, 2.24) is 19.8 Å². The first-order valence-corrected chi connectivity index (χ1v) is 10.5. The second kappa shape index (κ2) is 5.82. The minimum Gasteiger partial charge on any atom is -0.354 e. The van der Waals surface area contributed by atoms with Gasteiger partial charge < -0.3 is 4.90 Å². The molecule has 9 heteroatoms. The molecule has 1 atom stereocenters. The minimum absolute atomic E-state index is 0.0762. The van der Waals surface area contributed by atoms with E-state index in [4.69, 9.17) is 0 Å². The third kappa shape index (κ3) is 2.89. The zero-order chi connectivity index (χ0) is 16.7. The summed E-state index contributed by atoms with van der Waals surface area (Å²) in [5.41, 5.74) is 1.65. The molecule has 0 saturated carbocycles. The largest absolute Gasteiger partial charge is 0.354 e. The van der Waals surface area contributed by atoms with Crippen molar-refractivity contribution in [3.8, 4) is 11.4 Å². The molecule has 0 aromatic carbocycles. The topological polar surface area (TPSA) is 80.5 Å². The van der Waals surface area contributed by atoms with Crippen LogP contribution in [0.25, 0.3) is 17.0 Å². The molecule has 4 heterocycles. The number of rotatable bonds is 2. The quantitative estimate of drug-likeness (QED) is 0.690. The highest BCUT2D eigenvalue weighted by atomic mass is 32.2. The molecule has 0 spiro atoms. The van der Waals surface area contributed by atoms with E-state index in [1.54, 1.807) is 15.9 Å². The van der Waals surface area contributed by atoms with Crippen LogP contribution in [0.4, 0.5) is 5.82 Å². The van der Waals surface area contributed by atoms with Gasteiger partial charge in [0.25, 0.3) is 0 Å². The van der Waals surface area contributed by atoms with Gasteiger partial charge in [-0.05, 0) is 29.5 Å². The van der Waals surface area contributed by atoms with Crippen LogP contribution in [0.3, 0.4) is 0 Å². The molecule has 24 heavy (non-hydrogen) atoms. The normalized spacial score (nSPS) is 21.0. The first kappa shape index (κ1) is 15.5. The van der Waals surface area contributed by atoms with Crippen LogP contribution in [0.15, 0.2) is 29.0 Å². The molecule has 3 aromatic heterocycles. The van der Waals surface area contributed by atoms with E-state index in [9.17, 15) is 8.42 Å². The predicted molar refractivity (Wildman–Crippen MR) is 94.1 cm³/mol. The molecule has 1 saturated heterocycles. The Morgan fingerprint density at radius 1 is 1.25 bits per heavy atom. The molecular weight excluding hydrogens is 346 g/mol. The van der Waals surface area contributed by atoms with Gasteiger partial charge in [0.1, 0.15) is 5.82 Å². The Bertz CT molecular complexity index is 965. The van der Waals surface area contributed by atoms with E-state index in [2.05, 4.69) is 15.3 Å². The van der Waals surface area contributed by atoms with Crippen molar-refractivity contribution in [1.29, 1.82) is 0 Å². The summed E-state index contributed by atoms with van der Waals surface area (Å²) in [6, 6.07) is 5.73. The summed E-state index contributed by atoms with van der Waals surface area (Å²) in [5, 5.41) is 17.0. The number of hydrogen-bond acceptors (Lipinski definition) is 7. The molecule has 1 fully saturated rings. The first-order valence-electron chi connectivity index (χ1n) is 7.72. The van der Waals surface area contributed by atoms with Crippen molar-refractivity contribution >= 4 is 32.6 Å². The molecule has 3 aromatic rings. The zero-order valence-corrected chi connectivity index (χ0v) is 14.8. The predicted octanol–water partition coefficient (Wildman–Crippen LogP) is 1.72. The average molecular weight is 363 g/mol. The van der Waals surface area contributed by atoms with E-state index in [0.29, 0.717) is 24.6 Å². The second-order valence-corrected chi connectivity index (χ2v) is 9.17. The number of nitrogens with zero attached hydrogens (tertiary/aromatic N) is 5. The van der Waals surface area contributed by atoms with Crippen LogP contribution in [0, 0.1) is 5.92 Å². The minimum atomic E-state index is -2.98. The standard InChI is InChI=1S/C15H17N5O2S2/c1-11-8-19(5-7-24(21,22)10-11)14-3-2-13-16-17-15(20(13)18-14)12-4-6-23-9-12/h2-4,6,9,11H,5,7-8,10H2,1H3. The maximum atomic E-state index is 12.0. The number of thiophene rings is 1. The summed E-state index contributed by atoms with van der Waals surface area (Å²) in [4.78, 5) is 2.03. The fourth-order valence-corrected chi connectivity index (χ4v) is 5.29. The van der Waals surface area contributed by atoms with E-state index in [1.165, 1.54) is 0 Å². The van der Waals surface area contributed by atoms with Crippen LogP contribution in [-0.2, 0) is 9.84 Å². The van der Waals surface area contributed by atoms with E-state index >= 15 is 0 Å². The van der Waals surface area contributed by atoms with Gasteiger partial charge in [0, 0.05) is 24.0 Å². The van der Waals surface area contributed by atoms with Crippen LogP contribution < -0.4 is 4.90 Å². The van der Waals surface area contributed by atoms with Gasteiger partial charge in [-0.2, -0.15) is 15.9 Å². The van der Waals surface area contributed by atoms with Crippen LogP contribution in [-0.4, -0.2) is 52.8 Å². The van der Waals surface area contributed by atoms with Gasteiger partial charge in [-0.15, -0.1) is 15.3 Å². The monoisotopic (exact) mass is 363 g/mol. The molecule has 0 amide bonds. The highest BCUT2D eigenvalue weighted by Crippen LogP contribution is 2.23. The lowest BCUT2D eigenvalue weighted by molar-refractivity contribution is 0.580. The molecule has 1 aliphatic heterocycles. The summed E-state index contributed by atoms with van der Waals surface area (Å²) in [6.07, 6.45) is 0. The lowest BCUT2D eigenvalue weighted by Crippen LogP contribution is -2.30. The fraction of sp³-hybridized carbons (Fsp3) is 0.400. The van der Waals surface area contributed by atoms with Crippen LogP contribution in [0.1, 0.15) is 6.92 Å². The Labute approximate surface area is 143 Å². The van der Waals surface area contributed by atoms with Crippen molar-refractivity contribution in [2.24, 2.45) is 5.92 Å². The number of anilines is 1. The molecule has 1 aliphatic rings. The highest BCUT2D eigenvalue weighted by Gasteiger charge is 2.25. The van der Waals surface area contributed by atoms with Gasteiger partial charge in [-0.3, -0.25) is 0 Å². The lowest BCUT2D eigenvalue weighted by Gasteiger charge is -2.22. The molecule has 4 rings (SSSR count). The van der Waals surface area contributed by atoms with Gasteiger partial charge >= 0.3 is 0 Å². The fourth-order valence-electron chi connectivity index (χ4n) is 3.01. The van der Waals surface area contributed by atoms with Crippen LogP contribution >= 0.6 is 11.3 Å². The molecule has 0 radical (unpaired) electrons. The average Bonchev–Trinajstić information content (AvgIpc) is 3.16. The Balaban J connectivity index is 1.73. The van der Waals surface area contributed by atoms with Crippen molar-refractivity contribution in [2.45, 2.75) is 6.92 Å². The van der Waals surface area contributed by atoms with Gasteiger partial charge in [-0.25, -0.2) is 8.42 Å². The van der Waals surface area contributed by atoms with Crippen molar-refractivity contribution < 1.29 is 8.42 Å². The Kier molecular flexibility index (Phi) is 3.76. The number of aromatic nitrogens is 4. The van der Waals surface area contributed by atoms with E-state index in [0.717, 1.165) is 11.4 Å². The molecule has 7 nitrogen and oxygen atoms in total. The molecule has 0 bridgehead atoms. The van der Waals surface area contributed by atoms with Gasteiger partial charge in [0.05, 0.1) is 11.5 Å².